The highest BCUT2D eigenvalue weighted by Gasteiger charge is 2.01. The van der Waals surface area contributed by atoms with Gasteiger partial charge in [0.2, 0.25) is 0 Å². The Morgan fingerprint density at radius 3 is 2.70 bits per heavy atom. The summed E-state index contributed by atoms with van der Waals surface area (Å²) in [5.74, 6) is 0. The molecule has 10 heavy (non-hydrogen) atoms. The van der Waals surface area contributed by atoms with Gasteiger partial charge in [-0.2, -0.15) is 0 Å². The van der Waals surface area contributed by atoms with E-state index in [1.165, 1.54) is 11.8 Å². The van der Waals surface area contributed by atoms with Gasteiger partial charge in [-0.05, 0) is 0 Å². The van der Waals surface area contributed by atoms with Crippen molar-refractivity contribution in [3.8, 4) is 0 Å². The molecule has 0 aliphatic carbocycles. The van der Waals surface area contributed by atoms with Gasteiger partial charge in [-0.15, -0.1) is 0 Å². The van der Waals surface area contributed by atoms with Gasteiger partial charge in [-0.1, -0.05) is 35.0 Å². The minimum Gasteiger partial charge on any atom is -0.260 e. The van der Waals surface area contributed by atoms with Crippen LogP contribution in [0.1, 0.15) is 0 Å². The molecule has 0 unspecified atom stereocenters. The third-order valence-electron chi connectivity index (χ3n) is 0.749. The van der Waals surface area contributed by atoms with E-state index >= 15 is 0 Å². The van der Waals surface area contributed by atoms with Gasteiger partial charge in [0.15, 0.2) is 4.17 Å². The number of alkyl halides is 2. The molecule has 0 aromatic carbocycles. The van der Waals surface area contributed by atoms with E-state index < -0.39 is 4.17 Å². The lowest BCUT2D eigenvalue weighted by molar-refractivity contribution is 1.06. The number of rotatable bonds is 2. The van der Waals surface area contributed by atoms with Crippen LogP contribution in [-0.2, 0) is 0 Å². The molecular weight excluding hydrogens is 191 g/mol. The van der Waals surface area contributed by atoms with Crippen LogP contribution in [-0.4, -0.2) is 14.1 Å². The van der Waals surface area contributed by atoms with Crippen molar-refractivity contribution in [2.75, 3.05) is 0 Å². The van der Waals surface area contributed by atoms with Gasteiger partial charge in [0.1, 0.15) is 5.03 Å². The molecule has 0 spiro atoms. The first kappa shape index (κ1) is 8.11. The largest absolute Gasteiger partial charge is 0.260 e. The van der Waals surface area contributed by atoms with Gasteiger partial charge in [-0.25, -0.2) is 4.98 Å². The van der Waals surface area contributed by atoms with Gasteiger partial charge in [0.05, 0.1) is 6.20 Å². The van der Waals surface area contributed by atoms with Crippen LogP contribution in [0, 0.1) is 0 Å². The molecule has 0 aliphatic heterocycles. The fourth-order valence-electron chi connectivity index (χ4n) is 0.438. The van der Waals surface area contributed by atoms with Gasteiger partial charge < -0.3 is 0 Å². The second kappa shape index (κ2) is 4.01. The molecule has 0 saturated heterocycles. The van der Waals surface area contributed by atoms with Gasteiger partial charge in [-0.3, -0.25) is 4.98 Å². The predicted octanol–water partition coefficient (Wildman–Crippen LogP) is 2.33. The molecule has 5 heteroatoms. The number of aromatic nitrogens is 2. The summed E-state index contributed by atoms with van der Waals surface area (Å²) in [6, 6.07) is 0. The third kappa shape index (κ3) is 2.73. The Morgan fingerprint density at radius 2 is 2.20 bits per heavy atom. The van der Waals surface area contributed by atoms with E-state index in [2.05, 4.69) is 9.97 Å². The van der Waals surface area contributed by atoms with Crippen molar-refractivity contribution in [1.82, 2.24) is 9.97 Å². The number of hydrogen-bond acceptors (Lipinski definition) is 3. The molecule has 0 bridgehead atoms. The van der Waals surface area contributed by atoms with E-state index in [1.54, 1.807) is 18.6 Å². The topological polar surface area (TPSA) is 25.8 Å². The Morgan fingerprint density at radius 1 is 1.40 bits per heavy atom. The maximum atomic E-state index is 5.47. The van der Waals surface area contributed by atoms with Crippen LogP contribution in [0.3, 0.4) is 0 Å². The van der Waals surface area contributed by atoms with Gasteiger partial charge in [0.25, 0.3) is 0 Å². The van der Waals surface area contributed by atoms with Crippen molar-refractivity contribution in [2.24, 2.45) is 0 Å². The predicted molar refractivity (Wildman–Crippen MR) is 43.4 cm³/mol. The van der Waals surface area contributed by atoms with E-state index in [0.717, 1.165) is 5.03 Å². The fourth-order valence-corrected chi connectivity index (χ4v) is 1.41. The van der Waals surface area contributed by atoms with Crippen LogP contribution in [0.5, 0.6) is 0 Å². The second-order valence-corrected chi connectivity index (χ2v) is 4.16. The zero-order valence-electron chi connectivity index (χ0n) is 4.87. The summed E-state index contributed by atoms with van der Waals surface area (Å²) < 4.78 is -0.475. The van der Waals surface area contributed by atoms with Gasteiger partial charge in [0, 0.05) is 12.4 Å². The summed E-state index contributed by atoms with van der Waals surface area (Å²) in [4.78, 5) is 7.79. The lowest BCUT2D eigenvalue weighted by atomic mass is 10.8. The molecule has 1 rings (SSSR count). The number of halogens is 2. The average Bonchev–Trinajstić information content (AvgIpc) is 1.88. The summed E-state index contributed by atoms with van der Waals surface area (Å²) >= 11 is 12.2. The third-order valence-corrected chi connectivity index (χ3v) is 1.91. The number of nitrogens with zero attached hydrogens (tertiary/aromatic N) is 2. The smallest absolute Gasteiger partial charge is 0.158 e. The maximum absolute atomic E-state index is 5.47. The first-order valence-electron chi connectivity index (χ1n) is 2.50. The summed E-state index contributed by atoms with van der Waals surface area (Å²) in [6.45, 7) is 0. The normalized spacial score (nSPS) is 10.3. The highest BCUT2D eigenvalue weighted by molar-refractivity contribution is 8.02. The summed E-state index contributed by atoms with van der Waals surface area (Å²) in [5, 5.41) is 0.734. The summed E-state index contributed by atoms with van der Waals surface area (Å²) in [5.41, 5.74) is 0. The van der Waals surface area contributed by atoms with E-state index in [-0.39, 0.29) is 0 Å². The Balaban J connectivity index is 2.59. The molecule has 54 valence electrons. The van der Waals surface area contributed by atoms with Crippen LogP contribution in [0.2, 0.25) is 0 Å². The van der Waals surface area contributed by atoms with Crippen LogP contribution in [0.4, 0.5) is 0 Å². The minimum absolute atomic E-state index is 0.475. The lowest BCUT2D eigenvalue weighted by Gasteiger charge is -1.96. The fraction of sp³-hybridized carbons (Fsp3) is 0.200. The molecular formula is C5H4Cl2N2S. The van der Waals surface area contributed by atoms with Crippen molar-refractivity contribution >= 4 is 35.0 Å². The van der Waals surface area contributed by atoms with E-state index in [0.29, 0.717) is 0 Å². The molecule has 0 aliphatic rings. The van der Waals surface area contributed by atoms with Crippen LogP contribution in [0.25, 0.3) is 0 Å². The monoisotopic (exact) mass is 194 g/mol. The molecule has 0 N–H and O–H groups in total. The first-order chi connectivity index (χ1) is 4.79. The summed E-state index contributed by atoms with van der Waals surface area (Å²) in [6.07, 6.45) is 4.81. The van der Waals surface area contributed by atoms with E-state index in [4.69, 9.17) is 23.2 Å². The second-order valence-electron chi connectivity index (χ2n) is 1.42. The molecule has 0 amide bonds. The highest BCUT2D eigenvalue weighted by Crippen LogP contribution is 2.25. The standard InChI is InChI=1S/C5H4Cl2N2S/c6-5(7)10-4-3-8-1-2-9-4/h1-3,5H. The Kier molecular flexibility index (Phi) is 3.25. The Hall–Kier alpha value is 0.01000. The zero-order valence-corrected chi connectivity index (χ0v) is 7.20. The molecule has 0 saturated carbocycles. The average molecular weight is 195 g/mol. The quantitative estimate of drug-likeness (QED) is 0.535. The van der Waals surface area contributed by atoms with Crippen LogP contribution < -0.4 is 0 Å². The van der Waals surface area contributed by atoms with Crippen molar-refractivity contribution in [1.29, 1.82) is 0 Å². The molecule has 0 fully saturated rings. The molecule has 1 heterocycles. The Labute approximate surface area is 73.0 Å². The first-order valence-corrected chi connectivity index (χ1v) is 4.25. The molecule has 0 radical (unpaired) electrons. The lowest BCUT2D eigenvalue weighted by Crippen LogP contribution is -1.83. The summed E-state index contributed by atoms with van der Waals surface area (Å²) in [7, 11) is 0. The van der Waals surface area contributed by atoms with Crippen molar-refractivity contribution in [3.05, 3.63) is 18.6 Å². The molecule has 2 nitrogen and oxygen atoms in total. The SMILES string of the molecule is ClC(Cl)Sc1cnccn1. The van der Waals surface area contributed by atoms with Crippen molar-refractivity contribution in [2.45, 2.75) is 9.19 Å². The number of hydrogen-bond donors (Lipinski definition) is 0. The van der Waals surface area contributed by atoms with Crippen LogP contribution in [0.15, 0.2) is 23.6 Å². The van der Waals surface area contributed by atoms with Crippen molar-refractivity contribution < 1.29 is 0 Å². The maximum Gasteiger partial charge on any atom is 0.158 e. The van der Waals surface area contributed by atoms with Gasteiger partial charge >= 0.3 is 0 Å². The van der Waals surface area contributed by atoms with Crippen molar-refractivity contribution in [3.63, 3.8) is 0 Å². The Bertz CT molecular complexity index is 192. The van der Waals surface area contributed by atoms with E-state index in [9.17, 15) is 0 Å². The molecule has 0 atom stereocenters. The molecule has 1 aromatic heterocycles. The zero-order chi connectivity index (χ0) is 7.40. The van der Waals surface area contributed by atoms with E-state index in [1.807, 2.05) is 0 Å². The number of thioether (sulfide) groups is 1. The van der Waals surface area contributed by atoms with Crippen LogP contribution >= 0.6 is 35.0 Å². The highest BCUT2D eigenvalue weighted by atomic mass is 35.5. The minimum atomic E-state index is -0.475. The molecule has 1 aromatic rings.